The van der Waals surface area contributed by atoms with Gasteiger partial charge in [-0.15, -0.1) is 0 Å². The zero-order valence-electron chi connectivity index (χ0n) is 17.6. The van der Waals surface area contributed by atoms with E-state index in [1.54, 1.807) is 23.9 Å². The standard InChI is InChI=1S/C18H21B3F3N5O2/c1-9-2-3-10(16(31,8-30)17(22,23)24)6-11(9)12-7-26-15(25)14(28-12)13-4-5-27-29(13)18(19,20)21/h2-7,30-31H,8,19-21H2,1H3,(H2,25,26). The number of hydrogen-bond donors (Lipinski definition) is 3. The lowest BCUT2D eigenvalue weighted by molar-refractivity contribution is -0.277. The molecule has 0 spiro atoms. The minimum absolute atomic E-state index is 0.144. The molecular weight excluding hydrogens is 408 g/mol. The first kappa shape index (κ1) is 22.9. The van der Waals surface area contributed by atoms with Gasteiger partial charge >= 0.3 is 6.18 Å². The Morgan fingerprint density at radius 3 is 2.42 bits per heavy atom. The average molecular weight is 429 g/mol. The van der Waals surface area contributed by atoms with Gasteiger partial charge in [0.15, 0.2) is 5.82 Å². The van der Waals surface area contributed by atoms with Crippen LogP contribution in [0.3, 0.4) is 0 Å². The van der Waals surface area contributed by atoms with E-state index < -0.39 is 23.9 Å². The molecule has 1 unspecified atom stereocenters. The summed E-state index contributed by atoms with van der Waals surface area (Å²) in [5.74, 6) is 0.144. The molecule has 0 aliphatic rings. The van der Waals surface area contributed by atoms with Crippen LogP contribution in [0.2, 0.25) is 0 Å². The number of nitrogen functional groups attached to an aromatic ring is 1. The lowest BCUT2D eigenvalue weighted by Gasteiger charge is -2.29. The molecule has 160 valence electrons. The van der Waals surface area contributed by atoms with E-state index in [4.69, 9.17) is 5.73 Å². The summed E-state index contributed by atoms with van der Waals surface area (Å²) < 4.78 is 42.0. The molecule has 0 aliphatic heterocycles. The van der Waals surface area contributed by atoms with Crippen molar-refractivity contribution >= 4 is 29.4 Å². The van der Waals surface area contributed by atoms with E-state index in [9.17, 15) is 23.4 Å². The van der Waals surface area contributed by atoms with Crippen LogP contribution in [0.15, 0.2) is 36.7 Å². The first-order valence-electron chi connectivity index (χ1n) is 9.48. The van der Waals surface area contributed by atoms with Crippen molar-refractivity contribution in [2.24, 2.45) is 0 Å². The van der Waals surface area contributed by atoms with Crippen LogP contribution in [0.1, 0.15) is 11.1 Å². The molecule has 2 aromatic heterocycles. The van der Waals surface area contributed by atoms with Crippen LogP contribution in [-0.4, -0.2) is 66.3 Å². The molecule has 0 saturated carbocycles. The molecule has 1 atom stereocenters. The maximum absolute atomic E-state index is 13.4. The van der Waals surface area contributed by atoms with E-state index >= 15 is 0 Å². The second-order valence-corrected chi connectivity index (χ2v) is 8.33. The number of benzene rings is 1. The van der Waals surface area contributed by atoms with Gasteiger partial charge in [-0.1, -0.05) is 12.1 Å². The third-order valence-electron chi connectivity index (χ3n) is 5.01. The van der Waals surface area contributed by atoms with Crippen LogP contribution >= 0.6 is 0 Å². The van der Waals surface area contributed by atoms with Gasteiger partial charge in [0.05, 0.1) is 24.2 Å². The molecule has 1 aromatic carbocycles. The monoisotopic (exact) mass is 429 g/mol. The Morgan fingerprint density at radius 2 is 1.84 bits per heavy atom. The van der Waals surface area contributed by atoms with Gasteiger partial charge in [-0.25, -0.2) is 9.97 Å². The highest BCUT2D eigenvalue weighted by Crippen LogP contribution is 2.40. The number of anilines is 1. The number of nitrogens with zero attached hydrogens (tertiary/aromatic N) is 4. The Kier molecular flexibility index (Phi) is 5.70. The molecule has 2 heterocycles. The minimum atomic E-state index is -5.06. The number of rotatable bonds is 5. The summed E-state index contributed by atoms with van der Waals surface area (Å²) in [5.41, 5.74) is 4.30. The highest BCUT2D eigenvalue weighted by Gasteiger charge is 2.54. The zero-order chi connectivity index (χ0) is 23.2. The number of nitrogens with two attached hydrogens (primary N) is 1. The maximum Gasteiger partial charge on any atom is 0.423 e. The SMILES string of the molecule is BC(B)(B)n1nccc1-c1nc(-c2cc(C(O)(CO)C(F)(F)F)ccc2C)cnc1N. The molecule has 31 heavy (non-hydrogen) atoms. The number of hydrogen-bond acceptors (Lipinski definition) is 6. The smallest absolute Gasteiger partial charge is 0.393 e. The summed E-state index contributed by atoms with van der Waals surface area (Å²) >= 11 is 0. The molecule has 0 radical (unpaired) electrons. The van der Waals surface area contributed by atoms with E-state index in [-0.39, 0.29) is 16.7 Å². The fourth-order valence-corrected chi connectivity index (χ4v) is 3.23. The molecule has 7 nitrogen and oxygen atoms in total. The van der Waals surface area contributed by atoms with Gasteiger partial charge in [0.25, 0.3) is 0 Å². The number of aliphatic hydroxyl groups is 2. The molecule has 0 saturated heterocycles. The number of aromatic nitrogens is 4. The predicted octanol–water partition coefficient (Wildman–Crippen LogP) is -0.893. The number of aliphatic hydroxyl groups excluding tert-OH is 1. The van der Waals surface area contributed by atoms with E-state index in [2.05, 4.69) is 15.1 Å². The molecule has 0 amide bonds. The van der Waals surface area contributed by atoms with Crippen molar-refractivity contribution in [3.8, 4) is 22.6 Å². The third kappa shape index (κ3) is 4.07. The minimum Gasteiger partial charge on any atom is -0.393 e. The first-order chi connectivity index (χ1) is 14.3. The Bertz CT molecular complexity index is 1120. The van der Waals surface area contributed by atoms with Crippen molar-refractivity contribution < 1.29 is 23.4 Å². The van der Waals surface area contributed by atoms with Crippen molar-refractivity contribution in [2.45, 2.75) is 23.9 Å². The van der Waals surface area contributed by atoms with Gasteiger partial charge < -0.3 is 15.9 Å². The fourth-order valence-electron chi connectivity index (χ4n) is 3.23. The van der Waals surface area contributed by atoms with Crippen LogP contribution in [-0.2, 0) is 10.8 Å². The van der Waals surface area contributed by atoms with Crippen molar-refractivity contribution in [1.82, 2.24) is 19.7 Å². The lowest BCUT2D eigenvalue weighted by Crippen LogP contribution is -2.45. The summed E-state index contributed by atoms with van der Waals surface area (Å²) in [7, 11) is 5.87. The molecule has 3 aromatic rings. The van der Waals surface area contributed by atoms with Crippen LogP contribution < -0.4 is 5.73 Å². The van der Waals surface area contributed by atoms with Gasteiger partial charge in [-0.2, -0.15) is 18.3 Å². The fraction of sp³-hybridized carbons (Fsp3) is 0.278. The Labute approximate surface area is 179 Å². The highest BCUT2D eigenvalue weighted by atomic mass is 19.4. The van der Waals surface area contributed by atoms with E-state index in [1.807, 2.05) is 23.5 Å². The maximum atomic E-state index is 13.4. The van der Waals surface area contributed by atoms with Gasteiger partial charge in [0, 0.05) is 11.8 Å². The van der Waals surface area contributed by atoms with Crippen molar-refractivity contribution in [3.05, 3.63) is 47.8 Å². The van der Waals surface area contributed by atoms with Gasteiger partial charge in [0.2, 0.25) is 5.60 Å². The first-order valence-corrected chi connectivity index (χ1v) is 9.48. The van der Waals surface area contributed by atoms with Gasteiger partial charge in [-0.05, 0) is 35.4 Å². The molecular formula is C18H21B3F3N5O2. The average Bonchev–Trinajstić information content (AvgIpc) is 3.17. The van der Waals surface area contributed by atoms with Crippen molar-refractivity contribution in [1.29, 1.82) is 0 Å². The quantitative estimate of drug-likeness (QED) is 0.455. The molecule has 0 aliphatic carbocycles. The second kappa shape index (κ2) is 7.72. The predicted molar refractivity (Wildman–Crippen MR) is 118 cm³/mol. The molecule has 3 rings (SSSR count). The molecule has 0 fully saturated rings. The summed E-state index contributed by atoms with van der Waals surface area (Å²) in [6.45, 7) is 0.185. The number of aryl methyl sites for hydroxylation is 1. The van der Waals surface area contributed by atoms with Crippen LogP contribution in [0, 0.1) is 6.92 Å². The van der Waals surface area contributed by atoms with Crippen LogP contribution in [0.4, 0.5) is 19.0 Å². The van der Waals surface area contributed by atoms with E-state index in [0.29, 0.717) is 22.5 Å². The lowest BCUT2D eigenvalue weighted by atomic mass is 9.49. The van der Waals surface area contributed by atoms with Crippen LogP contribution in [0.5, 0.6) is 0 Å². The summed E-state index contributed by atoms with van der Waals surface area (Å²) in [6, 6.07) is 5.44. The summed E-state index contributed by atoms with van der Waals surface area (Å²) in [5, 5.41) is 23.4. The second-order valence-electron chi connectivity index (χ2n) is 8.33. The molecule has 4 N–H and O–H groups in total. The largest absolute Gasteiger partial charge is 0.423 e. The number of halogens is 3. The van der Waals surface area contributed by atoms with Crippen molar-refractivity contribution in [3.63, 3.8) is 0 Å². The topological polar surface area (TPSA) is 110 Å². The van der Waals surface area contributed by atoms with Crippen LogP contribution in [0.25, 0.3) is 22.6 Å². The van der Waals surface area contributed by atoms with Gasteiger partial charge in [0.1, 0.15) is 29.2 Å². The molecule has 0 bridgehead atoms. The Morgan fingerprint density at radius 1 is 1.16 bits per heavy atom. The third-order valence-corrected chi connectivity index (χ3v) is 5.01. The van der Waals surface area contributed by atoms with E-state index in [0.717, 1.165) is 12.1 Å². The highest BCUT2D eigenvalue weighted by molar-refractivity contribution is 6.56. The van der Waals surface area contributed by atoms with Crippen molar-refractivity contribution in [2.75, 3.05) is 12.3 Å². The van der Waals surface area contributed by atoms with Gasteiger partial charge in [-0.3, -0.25) is 4.68 Å². The normalized spacial score (nSPS) is 14.4. The Hall–Kier alpha value is -2.79. The van der Waals surface area contributed by atoms with E-state index in [1.165, 1.54) is 12.3 Å². The summed E-state index contributed by atoms with van der Waals surface area (Å²) in [6.07, 6.45) is -2.11. The summed E-state index contributed by atoms with van der Waals surface area (Å²) in [4.78, 5) is 8.73. The number of alkyl halides is 3. The zero-order valence-corrected chi connectivity index (χ0v) is 17.6. The Balaban J connectivity index is 2.18. The molecule has 13 heteroatoms.